The van der Waals surface area contributed by atoms with Gasteiger partial charge in [0.2, 0.25) is 17.9 Å². The number of carbonyl (C=O) groups is 6. The van der Waals surface area contributed by atoms with Gasteiger partial charge in [-0.05, 0) is 131 Å². The number of carbonyl (C=O) groups excluding carboxylic acids is 6. The van der Waals surface area contributed by atoms with E-state index in [2.05, 4.69) is 21.3 Å². The van der Waals surface area contributed by atoms with Crippen LogP contribution in [0.4, 0.5) is 15.3 Å². The molecule has 0 bridgehead atoms. The summed E-state index contributed by atoms with van der Waals surface area (Å²) in [5, 5.41) is 11.5. The highest BCUT2D eigenvalue weighted by Crippen LogP contribution is 2.49. The number of anilines is 1. The van der Waals surface area contributed by atoms with Crippen LogP contribution in [0.25, 0.3) is 0 Å². The molecule has 14 nitrogen and oxygen atoms in total. The Bertz CT molecular complexity index is 1530. The van der Waals surface area contributed by atoms with E-state index >= 15 is 0 Å². The van der Waals surface area contributed by atoms with E-state index in [4.69, 9.17) is 14.2 Å². The number of hydrogen-bond acceptors (Lipinski definition) is 10. The van der Waals surface area contributed by atoms with Crippen LogP contribution in [0.2, 0.25) is 0 Å². The van der Waals surface area contributed by atoms with E-state index in [-0.39, 0.29) is 42.9 Å². The van der Waals surface area contributed by atoms with Crippen molar-refractivity contribution in [3.63, 3.8) is 0 Å². The summed E-state index contributed by atoms with van der Waals surface area (Å²) in [6.07, 6.45) is 1.88. The van der Waals surface area contributed by atoms with Crippen LogP contribution in [0.3, 0.4) is 0 Å². The van der Waals surface area contributed by atoms with Gasteiger partial charge in [-0.2, -0.15) is 0 Å². The number of imide groups is 1. The summed E-state index contributed by atoms with van der Waals surface area (Å²) in [6, 6.07) is 4.28. The minimum atomic E-state index is -1.13. The Labute approximate surface area is 313 Å². The first-order valence-corrected chi connectivity index (χ1v) is 18.8. The Morgan fingerprint density at radius 1 is 0.887 bits per heavy atom. The standard InChI is InChI=1S/C39H59N5O9/c1-37(2,3)43-36(50)51-28(34(48)52-38(4,5)6)14-11-21-40-26-13-10-12-25-30(26)31(44(33(25)47)27-19-20-29(45)42-32(27)46)24-17-15-23(16-18-24)22-41-35(49)53-39(7,8)9/h10,12-13,23-24,27-28,31,40H,11,14-22H2,1-9H3,(H,41,49)(H,43,50)(H,42,45,46)/t23?,24?,27-,28?,31-/m1/s1. The zero-order chi connectivity index (χ0) is 39.3. The van der Waals surface area contributed by atoms with Gasteiger partial charge in [0.1, 0.15) is 17.2 Å². The number of amides is 5. The molecule has 53 heavy (non-hydrogen) atoms. The third-order valence-corrected chi connectivity index (χ3v) is 9.34. The Morgan fingerprint density at radius 2 is 1.55 bits per heavy atom. The second-order valence-electron chi connectivity index (χ2n) is 17.4. The highest BCUT2D eigenvalue weighted by molar-refractivity contribution is 6.06. The molecule has 0 aromatic heterocycles. The van der Waals surface area contributed by atoms with Gasteiger partial charge in [-0.1, -0.05) is 6.07 Å². The van der Waals surface area contributed by atoms with E-state index in [9.17, 15) is 28.8 Å². The Morgan fingerprint density at radius 3 is 2.15 bits per heavy atom. The number of alkyl carbamates (subject to hydrolysis) is 2. The van der Waals surface area contributed by atoms with Crippen LogP contribution in [0.15, 0.2) is 18.2 Å². The molecule has 3 aliphatic rings. The fourth-order valence-corrected chi connectivity index (χ4v) is 7.19. The smallest absolute Gasteiger partial charge is 0.408 e. The van der Waals surface area contributed by atoms with Gasteiger partial charge in [0, 0.05) is 41.9 Å². The Balaban J connectivity index is 1.51. The monoisotopic (exact) mass is 741 g/mol. The first kappa shape index (κ1) is 41.4. The molecule has 1 unspecified atom stereocenters. The number of benzene rings is 1. The highest BCUT2D eigenvalue weighted by Gasteiger charge is 2.49. The molecule has 294 valence electrons. The summed E-state index contributed by atoms with van der Waals surface area (Å²) in [4.78, 5) is 79.1. The lowest BCUT2D eigenvalue weighted by molar-refractivity contribution is -0.165. The van der Waals surface area contributed by atoms with Crippen LogP contribution >= 0.6 is 0 Å². The first-order chi connectivity index (χ1) is 24.6. The predicted molar refractivity (Wildman–Crippen MR) is 198 cm³/mol. The molecule has 1 saturated carbocycles. The minimum Gasteiger partial charge on any atom is -0.457 e. The fraction of sp³-hybridized carbons (Fsp3) is 0.692. The maximum Gasteiger partial charge on any atom is 0.408 e. The van der Waals surface area contributed by atoms with Crippen molar-refractivity contribution < 1.29 is 43.0 Å². The Kier molecular flexibility index (Phi) is 13.1. The summed E-state index contributed by atoms with van der Waals surface area (Å²) in [7, 11) is 0. The van der Waals surface area contributed by atoms with Gasteiger partial charge in [-0.25, -0.2) is 14.4 Å². The van der Waals surface area contributed by atoms with E-state index < -0.39 is 59.0 Å². The molecule has 1 aliphatic carbocycles. The normalized spacial score (nSPS) is 22.7. The third-order valence-electron chi connectivity index (χ3n) is 9.34. The summed E-state index contributed by atoms with van der Waals surface area (Å²) < 4.78 is 16.5. The molecule has 2 heterocycles. The molecule has 0 radical (unpaired) electrons. The van der Waals surface area contributed by atoms with Crippen molar-refractivity contribution in [2.45, 2.75) is 149 Å². The van der Waals surface area contributed by atoms with Crippen molar-refractivity contribution in [1.29, 1.82) is 0 Å². The number of fused-ring (bicyclic) bond motifs is 1. The second-order valence-corrected chi connectivity index (χ2v) is 17.4. The van der Waals surface area contributed by atoms with E-state index in [1.807, 2.05) is 47.6 Å². The lowest BCUT2D eigenvalue weighted by atomic mass is 9.76. The zero-order valence-electron chi connectivity index (χ0n) is 32.8. The topological polar surface area (TPSA) is 181 Å². The molecule has 0 spiro atoms. The van der Waals surface area contributed by atoms with E-state index in [1.54, 1.807) is 37.8 Å². The fourth-order valence-electron chi connectivity index (χ4n) is 7.19. The molecule has 14 heteroatoms. The first-order valence-electron chi connectivity index (χ1n) is 18.8. The summed E-state index contributed by atoms with van der Waals surface area (Å²) in [6.45, 7) is 17.0. The third kappa shape index (κ3) is 11.8. The van der Waals surface area contributed by atoms with Gasteiger partial charge in [0.05, 0.1) is 6.04 Å². The van der Waals surface area contributed by atoms with Crippen LogP contribution in [-0.4, -0.2) is 82.8 Å². The van der Waals surface area contributed by atoms with Gasteiger partial charge >= 0.3 is 18.2 Å². The van der Waals surface area contributed by atoms with Crippen molar-refractivity contribution in [2.24, 2.45) is 11.8 Å². The highest BCUT2D eigenvalue weighted by atomic mass is 16.6. The molecule has 2 aliphatic heterocycles. The molecule has 1 aromatic carbocycles. The molecule has 3 atom stereocenters. The lowest BCUT2D eigenvalue weighted by Gasteiger charge is -2.41. The SMILES string of the molecule is CC(C)(C)NC(=O)OC(CCCNc1cccc2c1[C@@H](C1CCC(CNC(=O)OC(C)(C)C)CC1)N([C@@H]1CCC(=O)NC1=O)C2=O)C(=O)OC(C)(C)C. The van der Waals surface area contributed by atoms with Crippen LogP contribution in [0.1, 0.15) is 136 Å². The van der Waals surface area contributed by atoms with Crippen LogP contribution in [0.5, 0.6) is 0 Å². The van der Waals surface area contributed by atoms with Gasteiger partial charge in [-0.3, -0.25) is 19.7 Å². The van der Waals surface area contributed by atoms with Crippen molar-refractivity contribution in [2.75, 3.05) is 18.4 Å². The number of nitrogens with zero attached hydrogens (tertiary/aromatic N) is 1. The van der Waals surface area contributed by atoms with Crippen molar-refractivity contribution in [1.82, 2.24) is 20.9 Å². The minimum absolute atomic E-state index is 0.0256. The molecular weight excluding hydrogens is 682 g/mol. The number of hydrogen-bond donors (Lipinski definition) is 4. The zero-order valence-corrected chi connectivity index (χ0v) is 32.8. The molecule has 5 amide bonds. The second kappa shape index (κ2) is 16.8. The van der Waals surface area contributed by atoms with E-state index in [0.717, 1.165) is 36.9 Å². The summed E-state index contributed by atoms with van der Waals surface area (Å²) >= 11 is 0. The van der Waals surface area contributed by atoms with Gasteiger partial charge < -0.3 is 35.1 Å². The quantitative estimate of drug-likeness (QED) is 0.0944. The molecule has 1 aromatic rings. The predicted octanol–water partition coefficient (Wildman–Crippen LogP) is 5.75. The van der Waals surface area contributed by atoms with Crippen molar-refractivity contribution >= 4 is 41.6 Å². The van der Waals surface area contributed by atoms with Crippen LogP contribution in [-0.2, 0) is 28.6 Å². The molecule has 2 fully saturated rings. The maximum absolute atomic E-state index is 14.2. The number of ether oxygens (including phenoxy) is 3. The Hall–Kier alpha value is -4.36. The van der Waals surface area contributed by atoms with Gasteiger partial charge in [-0.15, -0.1) is 0 Å². The molecular formula is C39H59N5O9. The molecule has 4 rings (SSSR count). The maximum atomic E-state index is 14.2. The summed E-state index contributed by atoms with van der Waals surface area (Å²) in [5.41, 5.74) is 0.132. The van der Waals surface area contributed by atoms with Crippen LogP contribution in [0, 0.1) is 11.8 Å². The van der Waals surface area contributed by atoms with Gasteiger partial charge in [0.15, 0.2) is 0 Å². The lowest BCUT2D eigenvalue weighted by Crippen LogP contribution is -2.54. The number of nitrogens with one attached hydrogen (secondary N) is 4. The molecule has 1 saturated heterocycles. The number of rotatable bonds is 11. The van der Waals surface area contributed by atoms with E-state index in [0.29, 0.717) is 25.1 Å². The summed E-state index contributed by atoms with van der Waals surface area (Å²) in [5.74, 6) is -1.45. The molecule has 4 N–H and O–H groups in total. The average molecular weight is 742 g/mol. The average Bonchev–Trinajstić information content (AvgIpc) is 3.31. The number of esters is 1. The van der Waals surface area contributed by atoms with Gasteiger partial charge in [0.25, 0.3) is 5.91 Å². The van der Waals surface area contributed by atoms with E-state index in [1.165, 1.54) is 0 Å². The van der Waals surface area contributed by atoms with Crippen LogP contribution < -0.4 is 21.3 Å². The van der Waals surface area contributed by atoms with Crippen molar-refractivity contribution in [3.8, 4) is 0 Å². The largest absolute Gasteiger partial charge is 0.457 e. The van der Waals surface area contributed by atoms with Crippen molar-refractivity contribution in [3.05, 3.63) is 29.3 Å². The number of piperidine rings is 1.